The number of rotatable bonds is 3. The van der Waals surface area contributed by atoms with Crippen molar-refractivity contribution in [3.05, 3.63) is 35.4 Å². The molecule has 1 aliphatic rings. The summed E-state index contributed by atoms with van der Waals surface area (Å²) in [6.07, 6.45) is 2.95. The van der Waals surface area contributed by atoms with Crippen LogP contribution >= 0.6 is 0 Å². The van der Waals surface area contributed by atoms with Gasteiger partial charge in [-0.1, -0.05) is 25.3 Å². The number of benzene rings is 1. The largest absolute Gasteiger partial charge is 0.382 e. The zero-order chi connectivity index (χ0) is 13.2. The van der Waals surface area contributed by atoms with Crippen LogP contribution in [-0.2, 0) is 11.2 Å². The lowest BCUT2D eigenvalue weighted by atomic mass is 9.80. The highest BCUT2D eigenvalue weighted by atomic mass is 19.1. The summed E-state index contributed by atoms with van der Waals surface area (Å²) in [6, 6.07) is 3.50. The SMILES string of the molecule is O=C(Cc1c(F)cccc1F)C1(O)CCCCC1. The van der Waals surface area contributed by atoms with Gasteiger partial charge in [0.2, 0.25) is 0 Å². The van der Waals surface area contributed by atoms with Gasteiger partial charge in [-0.25, -0.2) is 8.78 Å². The van der Waals surface area contributed by atoms with Crippen molar-refractivity contribution >= 4 is 5.78 Å². The maximum Gasteiger partial charge on any atom is 0.168 e. The first-order valence-electron chi connectivity index (χ1n) is 6.21. The Kier molecular flexibility index (Phi) is 3.76. The quantitative estimate of drug-likeness (QED) is 0.900. The Labute approximate surface area is 105 Å². The molecule has 1 aromatic rings. The number of carbonyl (C=O) groups excluding carboxylic acids is 1. The van der Waals surface area contributed by atoms with Gasteiger partial charge < -0.3 is 5.11 Å². The molecule has 4 heteroatoms. The lowest BCUT2D eigenvalue weighted by molar-refractivity contribution is -0.139. The summed E-state index contributed by atoms with van der Waals surface area (Å²) < 4.78 is 26.9. The Bertz CT molecular complexity index is 431. The lowest BCUT2D eigenvalue weighted by Gasteiger charge is -2.30. The standard InChI is InChI=1S/C14H16F2O2/c15-11-5-4-6-12(16)10(11)9-13(17)14(18)7-2-1-3-8-14/h4-6,18H,1-3,7-9H2. The summed E-state index contributed by atoms with van der Waals surface area (Å²) >= 11 is 0. The Morgan fingerprint density at radius 3 is 2.28 bits per heavy atom. The van der Waals surface area contributed by atoms with Crippen LogP contribution < -0.4 is 0 Å². The fraction of sp³-hybridized carbons (Fsp3) is 0.500. The molecule has 1 N–H and O–H groups in total. The third kappa shape index (κ3) is 2.58. The summed E-state index contributed by atoms with van der Waals surface area (Å²) in [5.41, 5.74) is -1.64. The topological polar surface area (TPSA) is 37.3 Å². The minimum Gasteiger partial charge on any atom is -0.382 e. The van der Waals surface area contributed by atoms with Crippen LogP contribution in [0.2, 0.25) is 0 Å². The molecule has 0 spiro atoms. The first-order valence-corrected chi connectivity index (χ1v) is 6.21. The highest BCUT2D eigenvalue weighted by molar-refractivity contribution is 5.89. The van der Waals surface area contributed by atoms with E-state index in [1.807, 2.05) is 0 Å². The number of carbonyl (C=O) groups is 1. The van der Waals surface area contributed by atoms with E-state index in [0.717, 1.165) is 31.4 Å². The number of aliphatic hydroxyl groups is 1. The van der Waals surface area contributed by atoms with Gasteiger partial charge in [-0.15, -0.1) is 0 Å². The van der Waals surface area contributed by atoms with Gasteiger partial charge in [-0.2, -0.15) is 0 Å². The predicted octanol–water partition coefficient (Wildman–Crippen LogP) is 2.77. The number of hydrogen-bond donors (Lipinski definition) is 1. The van der Waals surface area contributed by atoms with Gasteiger partial charge >= 0.3 is 0 Å². The summed E-state index contributed by atoms with van der Waals surface area (Å²) in [6.45, 7) is 0. The third-order valence-corrected chi connectivity index (χ3v) is 3.60. The zero-order valence-corrected chi connectivity index (χ0v) is 10.1. The molecular weight excluding hydrogens is 238 g/mol. The molecule has 0 radical (unpaired) electrons. The molecule has 0 atom stereocenters. The Morgan fingerprint density at radius 1 is 1.17 bits per heavy atom. The molecule has 2 nitrogen and oxygen atoms in total. The van der Waals surface area contributed by atoms with E-state index in [1.54, 1.807) is 0 Å². The van der Waals surface area contributed by atoms with Crippen LogP contribution in [0.25, 0.3) is 0 Å². The maximum atomic E-state index is 13.4. The highest BCUT2D eigenvalue weighted by Crippen LogP contribution is 2.30. The average molecular weight is 254 g/mol. The summed E-state index contributed by atoms with van der Waals surface area (Å²) in [5.74, 6) is -1.95. The third-order valence-electron chi connectivity index (χ3n) is 3.60. The van der Waals surface area contributed by atoms with E-state index in [-0.39, 0.29) is 12.0 Å². The van der Waals surface area contributed by atoms with E-state index in [9.17, 15) is 18.7 Å². The monoisotopic (exact) mass is 254 g/mol. The van der Waals surface area contributed by atoms with E-state index < -0.39 is 23.0 Å². The molecule has 18 heavy (non-hydrogen) atoms. The molecule has 1 saturated carbocycles. The minimum atomic E-state index is -1.40. The molecule has 2 rings (SSSR count). The van der Waals surface area contributed by atoms with Gasteiger partial charge in [0.05, 0.1) is 0 Å². The molecule has 0 amide bonds. The Balaban J connectivity index is 2.16. The molecule has 0 heterocycles. The highest BCUT2D eigenvalue weighted by Gasteiger charge is 2.37. The second-order valence-electron chi connectivity index (χ2n) is 4.89. The lowest BCUT2D eigenvalue weighted by Crippen LogP contribution is -2.41. The van der Waals surface area contributed by atoms with Gasteiger partial charge in [0, 0.05) is 12.0 Å². The van der Waals surface area contributed by atoms with Crippen LogP contribution in [0.15, 0.2) is 18.2 Å². The molecular formula is C14H16F2O2. The van der Waals surface area contributed by atoms with Crippen molar-refractivity contribution in [3.63, 3.8) is 0 Å². The number of Topliss-reactive ketones (excluding diaryl/α,β-unsaturated/α-hetero) is 1. The van der Waals surface area contributed by atoms with Crippen molar-refractivity contribution in [1.82, 2.24) is 0 Å². The molecule has 1 aromatic carbocycles. The van der Waals surface area contributed by atoms with E-state index in [0.29, 0.717) is 12.8 Å². The predicted molar refractivity (Wildman–Crippen MR) is 63.1 cm³/mol. The van der Waals surface area contributed by atoms with Gasteiger partial charge in [0.1, 0.15) is 17.2 Å². The first-order chi connectivity index (χ1) is 8.53. The van der Waals surface area contributed by atoms with E-state index in [2.05, 4.69) is 0 Å². The first kappa shape index (κ1) is 13.1. The van der Waals surface area contributed by atoms with Crippen molar-refractivity contribution in [2.45, 2.75) is 44.1 Å². The van der Waals surface area contributed by atoms with Gasteiger partial charge in [-0.3, -0.25) is 4.79 Å². The summed E-state index contributed by atoms with van der Waals surface area (Å²) in [5, 5.41) is 10.2. The van der Waals surface area contributed by atoms with Crippen molar-refractivity contribution < 1.29 is 18.7 Å². The second-order valence-corrected chi connectivity index (χ2v) is 4.89. The number of halogens is 2. The molecule has 1 fully saturated rings. The number of hydrogen-bond acceptors (Lipinski definition) is 2. The van der Waals surface area contributed by atoms with E-state index >= 15 is 0 Å². The van der Waals surface area contributed by atoms with Crippen LogP contribution in [0, 0.1) is 11.6 Å². The molecule has 0 aromatic heterocycles. The molecule has 0 aliphatic heterocycles. The van der Waals surface area contributed by atoms with Gasteiger partial charge in [0.25, 0.3) is 0 Å². The van der Waals surface area contributed by atoms with Crippen molar-refractivity contribution in [1.29, 1.82) is 0 Å². The average Bonchev–Trinajstić information content (AvgIpc) is 2.34. The minimum absolute atomic E-state index is 0.249. The van der Waals surface area contributed by atoms with Crippen LogP contribution in [-0.4, -0.2) is 16.5 Å². The van der Waals surface area contributed by atoms with Crippen LogP contribution in [0.5, 0.6) is 0 Å². The van der Waals surface area contributed by atoms with E-state index in [1.165, 1.54) is 6.07 Å². The molecule has 0 bridgehead atoms. The summed E-state index contributed by atoms with van der Waals surface area (Å²) in [4.78, 5) is 12.0. The van der Waals surface area contributed by atoms with E-state index in [4.69, 9.17) is 0 Å². The number of ketones is 1. The molecule has 1 aliphatic carbocycles. The van der Waals surface area contributed by atoms with Gasteiger partial charge in [0.15, 0.2) is 5.78 Å². The smallest absolute Gasteiger partial charge is 0.168 e. The van der Waals surface area contributed by atoms with Crippen molar-refractivity contribution in [2.75, 3.05) is 0 Å². The fourth-order valence-electron chi connectivity index (χ4n) is 2.44. The van der Waals surface area contributed by atoms with Crippen LogP contribution in [0.1, 0.15) is 37.7 Å². The maximum absolute atomic E-state index is 13.4. The second kappa shape index (κ2) is 5.14. The van der Waals surface area contributed by atoms with Crippen molar-refractivity contribution in [2.24, 2.45) is 0 Å². The van der Waals surface area contributed by atoms with Crippen LogP contribution in [0.4, 0.5) is 8.78 Å². The Morgan fingerprint density at radius 2 is 1.72 bits per heavy atom. The summed E-state index contributed by atoms with van der Waals surface area (Å²) in [7, 11) is 0. The zero-order valence-electron chi connectivity index (χ0n) is 10.1. The van der Waals surface area contributed by atoms with Crippen LogP contribution in [0.3, 0.4) is 0 Å². The fourth-order valence-corrected chi connectivity index (χ4v) is 2.44. The molecule has 0 saturated heterocycles. The molecule has 0 unspecified atom stereocenters. The van der Waals surface area contributed by atoms with Gasteiger partial charge in [-0.05, 0) is 25.0 Å². The molecule has 98 valence electrons. The normalized spacial score (nSPS) is 18.6. The Hall–Kier alpha value is -1.29. The van der Waals surface area contributed by atoms with Crippen molar-refractivity contribution in [3.8, 4) is 0 Å².